The van der Waals surface area contributed by atoms with Gasteiger partial charge in [0.2, 0.25) is 0 Å². The second-order valence-electron chi connectivity index (χ2n) is 3.18. The maximum Gasteiger partial charge on any atom is 0.0456 e. The van der Waals surface area contributed by atoms with Crippen molar-refractivity contribution in [3.63, 3.8) is 0 Å². The maximum atomic E-state index is 4.22. The molecule has 0 atom stereocenters. The van der Waals surface area contributed by atoms with E-state index in [9.17, 15) is 0 Å². The van der Waals surface area contributed by atoms with Crippen LogP contribution < -0.4 is 0 Å². The van der Waals surface area contributed by atoms with Crippen LogP contribution in [0.1, 0.15) is 12.0 Å². The first kappa shape index (κ1) is 8.70. The molecule has 0 spiro atoms. The molecule has 2 aromatic rings. The predicted molar refractivity (Wildman–Crippen MR) is 60.5 cm³/mol. The lowest BCUT2D eigenvalue weighted by Gasteiger charge is -2.00. The van der Waals surface area contributed by atoms with Gasteiger partial charge in [-0.3, -0.25) is 0 Å². The summed E-state index contributed by atoms with van der Waals surface area (Å²) in [5.74, 6) is 0.959. The van der Waals surface area contributed by atoms with Crippen molar-refractivity contribution in [1.82, 2.24) is 4.98 Å². The molecular formula is C11H13NS. The fourth-order valence-electron chi connectivity index (χ4n) is 1.64. The molecule has 0 saturated heterocycles. The van der Waals surface area contributed by atoms with Gasteiger partial charge in [0.05, 0.1) is 0 Å². The molecule has 0 amide bonds. The van der Waals surface area contributed by atoms with Gasteiger partial charge in [0.15, 0.2) is 0 Å². The molecule has 0 aliphatic heterocycles. The van der Waals surface area contributed by atoms with E-state index in [1.54, 1.807) is 0 Å². The zero-order valence-electron chi connectivity index (χ0n) is 7.46. The summed E-state index contributed by atoms with van der Waals surface area (Å²) in [6, 6.07) is 8.55. The van der Waals surface area contributed by atoms with Crippen molar-refractivity contribution in [2.45, 2.75) is 12.8 Å². The van der Waals surface area contributed by atoms with Crippen molar-refractivity contribution >= 4 is 23.5 Å². The Bertz CT molecular complexity index is 392. The van der Waals surface area contributed by atoms with Gasteiger partial charge in [-0.25, -0.2) is 0 Å². The second kappa shape index (κ2) is 3.88. The Morgan fingerprint density at radius 1 is 1.23 bits per heavy atom. The summed E-state index contributed by atoms with van der Waals surface area (Å²) in [4.78, 5) is 3.22. The molecular weight excluding hydrogens is 178 g/mol. The molecule has 1 nitrogen and oxygen atoms in total. The van der Waals surface area contributed by atoms with Crippen LogP contribution in [0.5, 0.6) is 0 Å². The molecule has 0 aliphatic carbocycles. The quantitative estimate of drug-likeness (QED) is 0.694. The van der Waals surface area contributed by atoms with E-state index >= 15 is 0 Å². The van der Waals surface area contributed by atoms with Crippen molar-refractivity contribution < 1.29 is 0 Å². The van der Waals surface area contributed by atoms with Crippen molar-refractivity contribution in [2.24, 2.45) is 0 Å². The molecule has 1 aromatic heterocycles. The standard InChI is InChI=1S/C11H13NS/c13-8-2-4-9-3-1-5-11-10(9)6-7-12-11/h1,3,5-7,12-13H,2,4,8H2. The van der Waals surface area contributed by atoms with E-state index in [0.29, 0.717) is 0 Å². The van der Waals surface area contributed by atoms with Gasteiger partial charge in [0, 0.05) is 17.1 Å². The van der Waals surface area contributed by atoms with E-state index in [1.165, 1.54) is 16.5 Å². The minimum atomic E-state index is 0.959. The number of aromatic amines is 1. The minimum Gasteiger partial charge on any atom is -0.361 e. The van der Waals surface area contributed by atoms with E-state index in [4.69, 9.17) is 0 Å². The zero-order valence-corrected chi connectivity index (χ0v) is 8.35. The van der Waals surface area contributed by atoms with E-state index in [1.807, 2.05) is 6.20 Å². The fourth-order valence-corrected chi connectivity index (χ4v) is 1.80. The van der Waals surface area contributed by atoms with Crippen molar-refractivity contribution in [3.8, 4) is 0 Å². The lowest BCUT2D eigenvalue weighted by atomic mass is 10.1. The van der Waals surface area contributed by atoms with Crippen LogP contribution in [0.4, 0.5) is 0 Å². The third kappa shape index (κ3) is 1.73. The Morgan fingerprint density at radius 2 is 2.15 bits per heavy atom. The molecule has 13 heavy (non-hydrogen) atoms. The van der Waals surface area contributed by atoms with Crippen LogP contribution in [0.3, 0.4) is 0 Å². The van der Waals surface area contributed by atoms with Gasteiger partial charge < -0.3 is 4.98 Å². The lowest BCUT2D eigenvalue weighted by molar-refractivity contribution is 0.945. The van der Waals surface area contributed by atoms with Crippen LogP contribution in [0.2, 0.25) is 0 Å². The molecule has 2 heteroatoms. The molecule has 68 valence electrons. The predicted octanol–water partition coefficient (Wildman–Crippen LogP) is 3.03. The smallest absolute Gasteiger partial charge is 0.0456 e. The van der Waals surface area contributed by atoms with Crippen LogP contribution in [-0.2, 0) is 6.42 Å². The number of hydrogen-bond donors (Lipinski definition) is 2. The summed E-state index contributed by atoms with van der Waals surface area (Å²) in [6.07, 6.45) is 4.26. The number of rotatable bonds is 3. The first-order chi connectivity index (χ1) is 6.42. The lowest BCUT2D eigenvalue weighted by Crippen LogP contribution is -1.86. The van der Waals surface area contributed by atoms with Crippen LogP contribution in [0, 0.1) is 0 Å². The van der Waals surface area contributed by atoms with Gasteiger partial charge >= 0.3 is 0 Å². The molecule has 0 bridgehead atoms. The van der Waals surface area contributed by atoms with E-state index in [0.717, 1.165) is 18.6 Å². The van der Waals surface area contributed by atoms with Gasteiger partial charge in [0.25, 0.3) is 0 Å². The molecule has 0 aliphatic rings. The number of thiol groups is 1. The highest BCUT2D eigenvalue weighted by molar-refractivity contribution is 7.80. The third-order valence-electron chi connectivity index (χ3n) is 2.29. The van der Waals surface area contributed by atoms with E-state index < -0.39 is 0 Å². The zero-order chi connectivity index (χ0) is 9.10. The molecule has 0 saturated carbocycles. The first-order valence-electron chi connectivity index (χ1n) is 4.57. The number of H-pyrrole nitrogens is 1. The van der Waals surface area contributed by atoms with Crippen LogP contribution >= 0.6 is 12.6 Å². The molecule has 1 N–H and O–H groups in total. The van der Waals surface area contributed by atoms with E-state index in [-0.39, 0.29) is 0 Å². The summed E-state index contributed by atoms with van der Waals surface area (Å²) in [7, 11) is 0. The van der Waals surface area contributed by atoms with E-state index in [2.05, 4.69) is 41.9 Å². The normalized spacial score (nSPS) is 10.8. The molecule has 1 heterocycles. The Morgan fingerprint density at radius 3 is 3.00 bits per heavy atom. The number of aryl methyl sites for hydroxylation is 1. The van der Waals surface area contributed by atoms with Gasteiger partial charge in [-0.2, -0.15) is 12.6 Å². The van der Waals surface area contributed by atoms with Gasteiger partial charge in [-0.15, -0.1) is 0 Å². The average molecular weight is 191 g/mol. The largest absolute Gasteiger partial charge is 0.361 e. The van der Waals surface area contributed by atoms with Gasteiger partial charge in [0.1, 0.15) is 0 Å². The third-order valence-corrected chi connectivity index (χ3v) is 2.61. The summed E-state index contributed by atoms with van der Waals surface area (Å²) in [6.45, 7) is 0. The van der Waals surface area contributed by atoms with Crippen LogP contribution in [-0.4, -0.2) is 10.7 Å². The highest BCUT2D eigenvalue weighted by atomic mass is 32.1. The highest BCUT2D eigenvalue weighted by Gasteiger charge is 1.99. The minimum absolute atomic E-state index is 0.959. The first-order valence-corrected chi connectivity index (χ1v) is 5.21. The monoisotopic (exact) mass is 191 g/mol. The summed E-state index contributed by atoms with van der Waals surface area (Å²) in [5.41, 5.74) is 2.66. The Kier molecular flexibility index (Phi) is 2.60. The number of benzene rings is 1. The van der Waals surface area contributed by atoms with Crippen molar-refractivity contribution in [1.29, 1.82) is 0 Å². The summed E-state index contributed by atoms with van der Waals surface area (Å²) < 4.78 is 0. The maximum absolute atomic E-state index is 4.22. The number of fused-ring (bicyclic) bond motifs is 1. The average Bonchev–Trinajstić information content (AvgIpc) is 2.62. The number of hydrogen-bond acceptors (Lipinski definition) is 1. The topological polar surface area (TPSA) is 15.8 Å². The van der Waals surface area contributed by atoms with Gasteiger partial charge in [-0.1, -0.05) is 12.1 Å². The van der Waals surface area contributed by atoms with Gasteiger partial charge in [-0.05, 0) is 36.3 Å². The van der Waals surface area contributed by atoms with Crippen LogP contribution in [0.15, 0.2) is 30.5 Å². The highest BCUT2D eigenvalue weighted by Crippen LogP contribution is 2.18. The summed E-state index contributed by atoms with van der Waals surface area (Å²) in [5, 5.41) is 1.35. The summed E-state index contributed by atoms with van der Waals surface area (Å²) >= 11 is 4.22. The Balaban J connectivity index is 2.37. The number of nitrogens with one attached hydrogen (secondary N) is 1. The fraction of sp³-hybridized carbons (Fsp3) is 0.273. The number of aromatic nitrogens is 1. The molecule has 0 fully saturated rings. The molecule has 2 rings (SSSR count). The van der Waals surface area contributed by atoms with Crippen molar-refractivity contribution in [3.05, 3.63) is 36.0 Å². The molecule has 0 unspecified atom stereocenters. The molecule has 0 radical (unpaired) electrons. The SMILES string of the molecule is SCCCc1cccc2[nH]ccc12. The Labute approximate surface area is 83.6 Å². The second-order valence-corrected chi connectivity index (χ2v) is 3.63. The van der Waals surface area contributed by atoms with Crippen molar-refractivity contribution in [2.75, 3.05) is 5.75 Å². The van der Waals surface area contributed by atoms with Crippen LogP contribution in [0.25, 0.3) is 10.9 Å². The Hall–Kier alpha value is -0.890. The molecule has 1 aromatic carbocycles.